The first-order valence-electron chi connectivity index (χ1n) is 9.92. The van der Waals surface area contributed by atoms with E-state index in [1.165, 1.54) is 0 Å². The maximum Gasteiger partial charge on any atom is 0.261 e. The van der Waals surface area contributed by atoms with Crippen molar-refractivity contribution in [3.63, 3.8) is 0 Å². The average molecular weight is 412 g/mol. The van der Waals surface area contributed by atoms with Crippen LogP contribution in [0.3, 0.4) is 0 Å². The van der Waals surface area contributed by atoms with Crippen molar-refractivity contribution in [2.24, 2.45) is 5.92 Å². The predicted octanol–water partition coefficient (Wildman–Crippen LogP) is 4.24. The van der Waals surface area contributed by atoms with E-state index in [1.54, 1.807) is 41.4 Å². The van der Waals surface area contributed by atoms with Gasteiger partial charge in [-0.3, -0.25) is 14.2 Å². The number of rotatable bonds is 7. The van der Waals surface area contributed by atoms with Crippen LogP contribution in [-0.2, 0) is 11.3 Å². The van der Waals surface area contributed by atoms with Crippen molar-refractivity contribution in [3.8, 4) is 11.1 Å². The number of nitrogens with zero attached hydrogens (tertiary/aromatic N) is 3. The van der Waals surface area contributed by atoms with Crippen LogP contribution < -0.4 is 10.9 Å². The molecule has 0 spiro atoms. The van der Waals surface area contributed by atoms with Gasteiger partial charge in [-0.15, -0.1) is 0 Å². The van der Waals surface area contributed by atoms with Crippen LogP contribution in [0, 0.1) is 5.92 Å². The zero-order chi connectivity index (χ0) is 21.3. The molecule has 0 aliphatic heterocycles. The largest absolute Gasteiger partial charge is 0.311 e. The van der Waals surface area contributed by atoms with Gasteiger partial charge in [-0.1, -0.05) is 6.07 Å². The molecule has 1 fully saturated rings. The van der Waals surface area contributed by atoms with Gasteiger partial charge in [-0.25, -0.2) is 18.7 Å². The molecule has 0 saturated heterocycles. The van der Waals surface area contributed by atoms with Gasteiger partial charge in [0.25, 0.3) is 5.56 Å². The molecular weight excluding hydrogens is 390 g/mol. The van der Waals surface area contributed by atoms with Crippen molar-refractivity contribution in [1.82, 2.24) is 14.5 Å². The summed E-state index contributed by atoms with van der Waals surface area (Å²) in [7, 11) is 0. The Hall–Kier alpha value is -3.16. The summed E-state index contributed by atoms with van der Waals surface area (Å²) in [5.74, 6) is -2.53. The zero-order valence-electron chi connectivity index (χ0n) is 16.6. The van der Waals surface area contributed by atoms with Crippen LogP contribution in [0.5, 0.6) is 0 Å². The second kappa shape index (κ2) is 7.93. The Morgan fingerprint density at radius 3 is 2.63 bits per heavy atom. The summed E-state index contributed by atoms with van der Waals surface area (Å²) >= 11 is 0. The highest BCUT2D eigenvalue weighted by molar-refractivity contribution is 5.90. The Morgan fingerprint density at radius 1 is 1.20 bits per heavy atom. The van der Waals surface area contributed by atoms with Crippen LogP contribution in [0.4, 0.5) is 14.6 Å². The number of benzene rings is 1. The lowest BCUT2D eigenvalue weighted by molar-refractivity contribution is -0.118. The standard InChI is InChI=1S/C22H22F2N4O2/c1-22(23,24)9-8-20(29)27-19-7-5-16(11-25-19)15-4-6-18-17(10-15)21(30)28(13-26-18)12-14-2-3-14/h4-7,10-11,13-14H,2-3,8-9,12H2,1H3,(H,25,27,29). The highest BCUT2D eigenvalue weighted by atomic mass is 19.3. The van der Waals surface area contributed by atoms with Crippen LogP contribution in [0.15, 0.2) is 47.7 Å². The van der Waals surface area contributed by atoms with Gasteiger partial charge in [-0.05, 0) is 55.5 Å². The summed E-state index contributed by atoms with van der Waals surface area (Å²) in [5, 5.41) is 3.07. The van der Waals surface area contributed by atoms with E-state index in [0.717, 1.165) is 30.9 Å². The van der Waals surface area contributed by atoms with Crippen molar-refractivity contribution < 1.29 is 13.6 Å². The molecular formula is C22H22F2N4O2. The minimum Gasteiger partial charge on any atom is -0.311 e. The average Bonchev–Trinajstić information content (AvgIpc) is 3.53. The molecule has 0 radical (unpaired) electrons. The molecule has 1 aliphatic carbocycles. The minimum absolute atomic E-state index is 0.0571. The third-order valence-electron chi connectivity index (χ3n) is 5.13. The summed E-state index contributed by atoms with van der Waals surface area (Å²) in [5.41, 5.74) is 2.16. The summed E-state index contributed by atoms with van der Waals surface area (Å²) < 4.78 is 27.4. The van der Waals surface area contributed by atoms with Gasteiger partial charge in [0.1, 0.15) is 5.82 Å². The van der Waals surface area contributed by atoms with E-state index in [9.17, 15) is 18.4 Å². The molecule has 4 rings (SSSR count). The maximum absolute atomic E-state index is 12.9. The van der Waals surface area contributed by atoms with Crippen molar-refractivity contribution >= 4 is 22.6 Å². The molecule has 1 aliphatic rings. The van der Waals surface area contributed by atoms with Crippen LogP contribution in [0.1, 0.15) is 32.6 Å². The fraction of sp³-hybridized carbons (Fsp3) is 0.364. The number of halogens is 2. The summed E-state index contributed by atoms with van der Waals surface area (Å²) in [6, 6.07) is 8.83. The molecule has 0 atom stereocenters. The van der Waals surface area contributed by atoms with Crippen molar-refractivity contribution in [2.75, 3.05) is 5.32 Å². The molecule has 1 saturated carbocycles. The quantitative estimate of drug-likeness (QED) is 0.630. The summed E-state index contributed by atoms with van der Waals surface area (Å²) in [6.07, 6.45) is 4.69. The van der Waals surface area contributed by atoms with E-state index < -0.39 is 18.3 Å². The molecule has 1 aromatic carbocycles. The van der Waals surface area contributed by atoms with E-state index in [4.69, 9.17) is 0 Å². The first kappa shape index (κ1) is 20.1. The molecule has 30 heavy (non-hydrogen) atoms. The Balaban J connectivity index is 1.51. The number of carbonyl (C=O) groups excluding carboxylic acids is 1. The normalized spacial score (nSPS) is 14.1. The first-order chi connectivity index (χ1) is 14.3. The summed E-state index contributed by atoms with van der Waals surface area (Å²) in [6.45, 7) is 1.49. The highest BCUT2D eigenvalue weighted by Crippen LogP contribution is 2.30. The Morgan fingerprint density at radius 2 is 1.97 bits per heavy atom. The monoisotopic (exact) mass is 412 g/mol. The molecule has 156 valence electrons. The number of alkyl halides is 2. The number of amides is 1. The molecule has 2 aromatic heterocycles. The van der Waals surface area contributed by atoms with Crippen LogP contribution in [0.25, 0.3) is 22.0 Å². The predicted molar refractivity (Wildman–Crippen MR) is 110 cm³/mol. The molecule has 1 amide bonds. The smallest absolute Gasteiger partial charge is 0.261 e. The number of carbonyl (C=O) groups is 1. The summed E-state index contributed by atoms with van der Waals surface area (Å²) in [4.78, 5) is 33.1. The molecule has 1 N–H and O–H groups in total. The van der Waals surface area contributed by atoms with Gasteiger partial charge in [0.05, 0.1) is 17.2 Å². The van der Waals surface area contributed by atoms with E-state index >= 15 is 0 Å². The Bertz CT molecular complexity index is 1130. The highest BCUT2D eigenvalue weighted by Gasteiger charge is 2.23. The number of nitrogens with one attached hydrogen (secondary N) is 1. The van der Waals surface area contributed by atoms with Crippen LogP contribution in [-0.4, -0.2) is 26.4 Å². The Kier molecular flexibility index (Phi) is 5.32. The number of pyridine rings is 1. The van der Waals surface area contributed by atoms with Gasteiger partial charge >= 0.3 is 0 Å². The van der Waals surface area contributed by atoms with Crippen LogP contribution in [0.2, 0.25) is 0 Å². The van der Waals surface area contributed by atoms with Gasteiger partial charge in [0, 0.05) is 31.1 Å². The molecule has 0 unspecified atom stereocenters. The van der Waals surface area contributed by atoms with Gasteiger partial charge in [0.15, 0.2) is 0 Å². The van der Waals surface area contributed by atoms with Gasteiger partial charge in [0.2, 0.25) is 11.8 Å². The second-order valence-electron chi connectivity index (χ2n) is 7.93. The van der Waals surface area contributed by atoms with E-state index in [2.05, 4.69) is 15.3 Å². The lowest BCUT2D eigenvalue weighted by atomic mass is 10.1. The van der Waals surface area contributed by atoms with Crippen LogP contribution >= 0.6 is 0 Å². The molecule has 8 heteroatoms. The van der Waals surface area contributed by atoms with E-state index in [-0.39, 0.29) is 17.8 Å². The topological polar surface area (TPSA) is 76.9 Å². The second-order valence-corrected chi connectivity index (χ2v) is 7.93. The lowest BCUT2D eigenvalue weighted by Crippen LogP contribution is -2.21. The molecule has 2 heterocycles. The third-order valence-corrected chi connectivity index (χ3v) is 5.13. The van der Waals surface area contributed by atoms with Gasteiger partial charge < -0.3 is 5.32 Å². The lowest BCUT2D eigenvalue weighted by Gasteiger charge is -2.10. The van der Waals surface area contributed by atoms with Crippen molar-refractivity contribution in [1.29, 1.82) is 0 Å². The van der Waals surface area contributed by atoms with Crippen molar-refractivity contribution in [3.05, 3.63) is 53.2 Å². The maximum atomic E-state index is 12.9. The number of anilines is 1. The van der Waals surface area contributed by atoms with E-state index in [0.29, 0.717) is 23.4 Å². The number of aromatic nitrogens is 3. The number of hydrogen-bond donors (Lipinski definition) is 1. The van der Waals surface area contributed by atoms with Gasteiger partial charge in [-0.2, -0.15) is 0 Å². The molecule has 6 nitrogen and oxygen atoms in total. The molecule has 0 bridgehead atoms. The SMILES string of the molecule is CC(F)(F)CCC(=O)Nc1ccc(-c2ccc3ncn(CC4CC4)c(=O)c3c2)cn1. The third kappa shape index (κ3) is 4.87. The zero-order valence-corrected chi connectivity index (χ0v) is 16.6. The number of hydrogen-bond acceptors (Lipinski definition) is 4. The fourth-order valence-electron chi connectivity index (χ4n) is 3.22. The minimum atomic E-state index is -2.88. The number of fused-ring (bicyclic) bond motifs is 1. The Labute approximate surface area is 172 Å². The fourth-order valence-corrected chi connectivity index (χ4v) is 3.22. The first-order valence-corrected chi connectivity index (χ1v) is 9.92. The molecule has 3 aromatic rings. The van der Waals surface area contributed by atoms with Crippen molar-refractivity contribution in [2.45, 2.75) is 45.1 Å². The van der Waals surface area contributed by atoms with E-state index in [1.807, 2.05) is 6.07 Å².